The van der Waals surface area contributed by atoms with Crippen molar-refractivity contribution in [1.29, 1.82) is 0 Å². The van der Waals surface area contributed by atoms with E-state index in [1.807, 2.05) is 6.92 Å². The molecular formula is C13H21NO4S. The molecule has 6 heteroatoms. The largest absolute Gasteiger partial charge is 0.481 e. The van der Waals surface area contributed by atoms with Gasteiger partial charge in [-0.1, -0.05) is 0 Å². The van der Waals surface area contributed by atoms with Crippen LogP contribution in [0.25, 0.3) is 0 Å². The van der Waals surface area contributed by atoms with Crippen LogP contribution in [0, 0.1) is 5.92 Å². The maximum Gasteiger partial charge on any atom is 0.305 e. The maximum absolute atomic E-state index is 12.6. The van der Waals surface area contributed by atoms with Crippen molar-refractivity contribution in [1.82, 2.24) is 4.90 Å². The summed E-state index contributed by atoms with van der Waals surface area (Å²) in [5.41, 5.74) is 0. The Morgan fingerprint density at radius 2 is 2.26 bits per heavy atom. The number of carboxylic acids is 1. The quantitative estimate of drug-likeness (QED) is 0.845. The second-order valence-corrected chi connectivity index (χ2v) is 6.41. The van der Waals surface area contributed by atoms with Gasteiger partial charge >= 0.3 is 5.97 Å². The molecule has 108 valence electrons. The minimum atomic E-state index is -0.828. The molecule has 0 radical (unpaired) electrons. The first-order chi connectivity index (χ1) is 9.08. The molecule has 0 aliphatic carbocycles. The van der Waals surface area contributed by atoms with Crippen LogP contribution >= 0.6 is 11.8 Å². The predicted molar refractivity (Wildman–Crippen MR) is 73.2 cm³/mol. The van der Waals surface area contributed by atoms with E-state index in [0.717, 1.165) is 24.3 Å². The van der Waals surface area contributed by atoms with E-state index in [1.165, 1.54) is 0 Å². The molecule has 0 saturated carbocycles. The van der Waals surface area contributed by atoms with Gasteiger partial charge in [-0.3, -0.25) is 9.59 Å². The molecule has 2 heterocycles. The smallest absolute Gasteiger partial charge is 0.305 e. The second-order valence-electron chi connectivity index (χ2n) is 5.26. The molecule has 2 rings (SSSR count). The fourth-order valence-corrected chi connectivity index (χ4v) is 3.83. The van der Waals surface area contributed by atoms with E-state index in [2.05, 4.69) is 0 Å². The van der Waals surface area contributed by atoms with Gasteiger partial charge in [0.1, 0.15) is 0 Å². The second kappa shape index (κ2) is 6.61. The van der Waals surface area contributed by atoms with Crippen LogP contribution in [0.2, 0.25) is 0 Å². The molecule has 2 aliphatic heterocycles. The number of carbonyl (C=O) groups excluding carboxylic acids is 1. The van der Waals surface area contributed by atoms with Crippen molar-refractivity contribution in [2.45, 2.75) is 38.3 Å². The number of amides is 1. The highest BCUT2D eigenvalue weighted by molar-refractivity contribution is 7.99. The summed E-state index contributed by atoms with van der Waals surface area (Å²) in [5.74, 6) is 0.938. The van der Waals surface area contributed by atoms with Gasteiger partial charge in [-0.15, -0.1) is 0 Å². The standard InChI is InChI=1S/C13H21NO4S/c1-9-6-10(2-4-18-9)13(17)14-3-5-19-8-11(14)7-12(15)16/h9-11H,2-8H2,1H3,(H,15,16). The number of hydrogen-bond acceptors (Lipinski definition) is 4. The molecule has 3 atom stereocenters. The Hall–Kier alpha value is -0.750. The Morgan fingerprint density at radius 3 is 2.95 bits per heavy atom. The molecule has 1 N–H and O–H groups in total. The van der Waals surface area contributed by atoms with Crippen LogP contribution < -0.4 is 0 Å². The highest BCUT2D eigenvalue weighted by Crippen LogP contribution is 2.26. The van der Waals surface area contributed by atoms with Crippen molar-refractivity contribution in [3.63, 3.8) is 0 Å². The van der Waals surface area contributed by atoms with Gasteiger partial charge < -0.3 is 14.7 Å². The molecule has 5 nitrogen and oxygen atoms in total. The average molecular weight is 287 g/mol. The van der Waals surface area contributed by atoms with E-state index in [4.69, 9.17) is 9.84 Å². The van der Waals surface area contributed by atoms with Gasteiger partial charge in [0.05, 0.1) is 18.6 Å². The van der Waals surface area contributed by atoms with E-state index >= 15 is 0 Å². The summed E-state index contributed by atoms with van der Waals surface area (Å²) in [4.78, 5) is 25.3. The third kappa shape index (κ3) is 3.86. The van der Waals surface area contributed by atoms with Crippen molar-refractivity contribution in [2.75, 3.05) is 24.7 Å². The van der Waals surface area contributed by atoms with Crippen molar-refractivity contribution in [3.05, 3.63) is 0 Å². The first kappa shape index (κ1) is 14.7. The fraction of sp³-hybridized carbons (Fsp3) is 0.846. The molecule has 2 saturated heterocycles. The number of nitrogens with zero attached hydrogens (tertiary/aromatic N) is 1. The summed E-state index contributed by atoms with van der Waals surface area (Å²) in [7, 11) is 0. The van der Waals surface area contributed by atoms with Gasteiger partial charge in [-0.05, 0) is 19.8 Å². The SMILES string of the molecule is CC1CC(C(=O)N2CCSCC2CC(=O)O)CCO1. The Labute approximate surface area is 117 Å². The molecule has 0 aromatic rings. The zero-order valence-corrected chi connectivity index (χ0v) is 12.0. The maximum atomic E-state index is 12.6. The summed E-state index contributed by atoms with van der Waals surface area (Å²) < 4.78 is 5.47. The van der Waals surface area contributed by atoms with Crippen molar-refractivity contribution in [2.24, 2.45) is 5.92 Å². The van der Waals surface area contributed by atoms with Crippen LogP contribution in [-0.4, -0.2) is 58.7 Å². The predicted octanol–water partition coefficient (Wildman–Crippen LogP) is 1.22. The zero-order valence-electron chi connectivity index (χ0n) is 11.2. The van der Waals surface area contributed by atoms with Crippen molar-refractivity contribution in [3.8, 4) is 0 Å². The molecule has 0 spiro atoms. The lowest BCUT2D eigenvalue weighted by Crippen LogP contribution is -2.50. The average Bonchev–Trinajstić information content (AvgIpc) is 2.38. The lowest BCUT2D eigenvalue weighted by atomic mass is 9.94. The van der Waals surface area contributed by atoms with Crippen LogP contribution in [0.4, 0.5) is 0 Å². The number of carboxylic acid groups (broad SMARTS) is 1. The third-order valence-electron chi connectivity index (χ3n) is 3.76. The molecule has 0 bridgehead atoms. The normalized spacial score (nSPS) is 32.1. The molecule has 2 aliphatic rings. The minimum absolute atomic E-state index is 0.00291. The van der Waals surface area contributed by atoms with Crippen molar-refractivity contribution < 1.29 is 19.4 Å². The zero-order chi connectivity index (χ0) is 13.8. The van der Waals surface area contributed by atoms with Gasteiger partial charge in [-0.25, -0.2) is 0 Å². The highest BCUT2D eigenvalue weighted by Gasteiger charge is 2.34. The summed E-state index contributed by atoms with van der Waals surface area (Å²) in [6.07, 6.45) is 1.69. The van der Waals surface area contributed by atoms with Crippen molar-refractivity contribution >= 4 is 23.6 Å². The van der Waals surface area contributed by atoms with E-state index in [9.17, 15) is 9.59 Å². The number of ether oxygens (including phenoxy) is 1. The van der Waals surface area contributed by atoms with Crippen LogP contribution in [0.3, 0.4) is 0 Å². The van der Waals surface area contributed by atoms with Crippen LogP contribution in [0.1, 0.15) is 26.2 Å². The Kier molecular flexibility index (Phi) is 5.10. The van der Waals surface area contributed by atoms with E-state index in [0.29, 0.717) is 13.2 Å². The summed E-state index contributed by atoms with van der Waals surface area (Å²) in [6, 6.07) is -0.151. The number of rotatable bonds is 3. The summed E-state index contributed by atoms with van der Waals surface area (Å²) in [6.45, 7) is 3.29. The Morgan fingerprint density at radius 1 is 1.47 bits per heavy atom. The van der Waals surface area contributed by atoms with Crippen LogP contribution in [0.5, 0.6) is 0 Å². The first-order valence-electron chi connectivity index (χ1n) is 6.79. The minimum Gasteiger partial charge on any atom is -0.481 e. The lowest BCUT2D eigenvalue weighted by molar-refractivity contribution is -0.145. The molecule has 19 heavy (non-hydrogen) atoms. The van der Waals surface area contributed by atoms with Gasteiger partial charge in [-0.2, -0.15) is 11.8 Å². The van der Waals surface area contributed by atoms with Gasteiger partial charge in [0, 0.05) is 30.6 Å². The number of thioether (sulfide) groups is 1. The van der Waals surface area contributed by atoms with Gasteiger partial charge in [0.15, 0.2) is 0 Å². The van der Waals surface area contributed by atoms with E-state index in [-0.39, 0.29) is 30.4 Å². The highest BCUT2D eigenvalue weighted by atomic mass is 32.2. The number of hydrogen-bond donors (Lipinski definition) is 1. The van der Waals surface area contributed by atoms with E-state index < -0.39 is 5.97 Å². The summed E-state index contributed by atoms with van der Waals surface area (Å²) in [5, 5.41) is 8.95. The van der Waals surface area contributed by atoms with Crippen LogP contribution in [-0.2, 0) is 14.3 Å². The summed E-state index contributed by atoms with van der Waals surface area (Å²) >= 11 is 1.73. The third-order valence-corrected chi connectivity index (χ3v) is 4.85. The first-order valence-corrected chi connectivity index (χ1v) is 7.95. The Bertz CT molecular complexity index is 350. The molecule has 3 unspecified atom stereocenters. The Balaban J connectivity index is 2.00. The molecule has 1 amide bonds. The monoisotopic (exact) mass is 287 g/mol. The topological polar surface area (TPSA) is 66.8 Å². The van der Waals surface area contributed by atoms with Gasteiger partial charge in [0.2, 0.25) is 5.91 Å². The fourth-order valence-electron chi connectivity index (χ4n) is 2.77. The number of carbonyl (C=O) groups is 2. The lowest BCUT2D eigenvalue weighted by Gasteiger charge is -2.38. The molecule has 2 fully saturated rings. The molecular weight excluding hydrogens is 266 g/mol. The van der Waals surface area contributed by atoms with E-state index in [1.54, 1.807) is 16.7 Å². The molecule has 0 aromatic carbocycles. The number of aliphatic carboxylic acids is 1. The van der Waals surface area contributed by atoms with Gasteiger partial charge in [0.25, 0.3) is 0 Å². The van der Waals surface area contributed by atoms with Crippen LogP contribution in [0.15, 0.2) is 0 Å². The molecule has 0 aromatic heterocycles.